The summed E-state index contributed by atoms with van der Waals surface area (Å²) in [4.78, 5) is 16.7. The number of fused-ring (bicyclic) bond motifs is 1. The number of carbonyl (C=O) groups excluding carboxylic acids is 1. The molecular weight excluding hydrogens is 441 g/mol. The van der Waals surface area contributed by atoms with E-state index in [9.17, 15) is 17.6 Å². The molecule has 0 aliphatic carbocycles. The molecule has 31 heavy (non-hydrogen) atoms. The number of likely N-dealkylation sites (tertiary alicyclic amines) is 1. The van der Waals surface area contributed by atoms with E-state index in [4.69, 9.17) is 11.6 Å². The zero-order valence-electron chi connectivity index (χ0n) is 17.5. The second-order valence-corrected chi connectivity index (χ2v) is 10.8. The predicted molar refractivity (Wildman–Crippen MR) is 120 cm³/mol. The van der Waals surface area contributed by atoms with E-state index >= 15 is 0 Å². The Bertz CT molecular complexity index is 1130. The molecule has 0 radical (unpaired) electrons. The van der Waals surface area contributed by atoms with Crippen LogP contribution in [-0.4, -0.2) is 45.4 Å². The summed E-state index contributed by atoms with van der Waals surface area (Å²) < 4.78 is 41.6. The maximum absolute atomic E-state index is 13.3. The average Bonchev–Trinajstić information content (AvgIpc) is 3.31. The summed E-state index contributed by atoms with van der Waals surface area (Å²) in [5, 5.41) is -0.0170. The molecule has 2 aliphatic rings. The van der Waals surface area contributed by atoms with Gasteiger partial charge in [-0.05, 0) is 54.8 Å². The van der Waals surface area contributed by atoms with Gasteiger partial charge in [0, 0.05) is 30.7 Å². The average molecular weight is 466 g/mol. The molecule has 2 aromatic carbocycles. The Kier molecular flexibility index (Phi) is 5.64. The van der Waals surface area contributed by atoms with E-state index in [0.717, 1.165) is 49.3 Å². The van der Waals surface area contributed by atoms with Gasteiger partial charge in [-0.3, -0.25) is 9.52 Å². The van der Waals surface area contributed by atoms with Crippen LogP contribution in [0.5, 0.6) is 0 Å². The van der Waals surface area contributed by atoms with Gasteiger partial charge in [-0.1, -0.05) is 25.4 Å². The number of halogens is 2. The van der Waals surface area contributed by atoms with Crippen molar-refractivity contribution in [3.05, 3.63) is 52.8 Å². The first-order valence-electron chi connectivity index (χ1n) is 10.2. The summed E-state index contributed by atoms with van der Waals surface area (Å²) in [6.07, 6.45) is 2.08. The molecule has 1 fully saturated rings. The molecule has 0 spiro atoms. The number of carbonyl (C=O) groups is 1. The second-order valence-electron chi connectivity index (χ2n) is 8.74. The third-order valence-corrected chi connectivity index (χ3v) is 7.57. The Labute approximate surface area is 187 Å². The number of hydrogen-bond donors (Lipinski definition) is 1. The van der Waals surface area contributed by atoms with Crippen molar-refractivity contribution >= 4 is 38.9 Å². The molecule has 1 saturated heterocycles. The zero-order chi connectivity index (χ0) is 22.4. The third kappa shape index (κ3) is 4.36. The van der Waals surface area contributed by atoms with Crippen LogP contribution in [-0.2, 0) is 20.2 Å². The summed E-state index contributed by atoms with van der Waals surface area (Å²) in [7, 11) is -3.92. The van der Waals surface area contributed by atoms with Crippen molar-refractivity contribution in [2.45, 2.75) is 37.0 Å². The molecule has 0 unspecified atom stereocenters. The number of rotatable bonds is 5. The molecular formula is C22H25ClFN3O3S. The van der Waals surface area contributed by atoms with E-state index in [1.165, 1.54) is 12.1 Å². The van der Waals surface area contributed by atoms with E-state index < -0.39 is 15.8 Å². The number of sulfonamides is 1. The highest BCUT2D eigenvalue weighted by atomic mass is 35.5. The van der Waals surface area contributed by atoms with Crippen LogP contribution >= 0.6 is 11.6 Å². The van der Waals surface area contributed by atoms with Crippen LogP contribution in [0.2, 0.25) is 5.02 Å². The monoisotopic (exact) mass is 465 g/mol. The Morgan fingerprint density at radius 1 is 1.16 bits per heavy atom. The Balaban J connectivity index is 1.60. The predicted octanol–water partition coefficient (Wildman–Crippen LogP) is 4.00. The van der Waals surface area contributed by atoms with E-state index in [-0.39, 0.29) is 33.5 Å². The van der Waals surface area contributed by atoms with Crippen LogP contribution in [0.4, 0.5) is 15.8 Å². The molecule has 2 aromatic rings. The molecule has 0 saturated carbocycles. The quantitative estimate of drug-likeness (QED) is 0.724. The summed E-state index contributed by atoms with van der Waals surface area (Å²) in [5.41, 5.74) is 1.53. The van der Waals surface area contributed by atoms with Gasteiger partial charge in [0.1, 0.15) is 5.82 Å². The van der Waals surface area contributed by atoms with Crippen LogP contribution in [0, 0.1) is 5.82 Å². The number of amides is 1. The van der Waals surface area contributed by atoms with Crippen molar-refractivity contribution in [1.29, 1.82) is 0 Å². The lowest BCUT2D eigenvalue weighted by atomic mass is 9.87. The summed E-state index contributed by atoms with van der Waals surface area (Å²) in [6, 6.07) is 8.41. The summed E-state index contributed by atoms with van der Waals surface area (Å²) >= 11 is 5.97. The molecule has 166 valence electrons. The lowest BCUT2D eigenvalue weighted by Gasteiger charge is -2.24. The van der Waals surface area contributed by atoms with E-state index in [1.807, 2.05) is 23.6 Å². The highest BCUT2D eigenvalue weighted by Gasteiger charge is 2.37. The van der Waals surface area contributed by atoms with Gasteiger partial charge in [0.05, 0.1) is 22.2 Å². The molecule has 2 aliphatic heterocycles. The van der Waals surface area contributed by atoms with Gasteiger partial charge in [-0.15, -0.1) is 0 Å². The minimum atomic E-state index is -3.92. The fourth-order valence-corrected chi connectivity index (χ4v) is 5.67. The minimum Gasteiger partial charge on any atom is -0.361 e. The maximum Gasteiger partial charge on any atom is 0.261 e. The topological polar surface area (TPSA) is 69.7 Å². The van der Waals surface area contributed by atoms with E-state index in [2.05, 4.69) is 4.72 Å². The standard InChI is InChI=1S/C22H25ClFN3O3S/c1-22(2)14-27(13-21(28)26-9-3-4-10-26)20-8-6-16(12-17(20)22)31(29,30)25-19-7-5-15(24)11-18(19)23/h5-8,11-12,25H,3-4,9-10,13-14H2,1-2H3. The lowest BCUT2D eigenvalue weighted by molar-refractivity contribution is -0.128. The van der Waals surface area contributed by atoms with Crippen molar-refractivity contribution in [2.75, 3.05) is 35.8 Å². The van der Waals surface area contributed by atoms with Gasteiger partial charge in [0.25, 0.3) is 10.0 Å². The van der Waals surface area contributed by atoms with Crippen molar-refractivity contribution in [3.63, 3.8) is 0 Å². The molecule has 0 bridgehead atoms. The number of anilines is 2. The van der Waals surface area contributed by atoms with Crippen LogP contribution in [0.15, 0.2) is 41.3 Å². The van der Waals surface area contributed by atoms with Crippen molar-refractivity contribution in [3.8, 4) is 0 Å². The normalized spacial score (nSPS) is 17.7. The van der Waals surface area contributed by atoms with E-state index in [1.54, 1.807) is 12.1 Å². The van der Waals surface area contributed by atoms with Gasteiger partial charge in [0.15, 0.2) is 0 Å². The molecule has 2 heterocycles. The maximum atomic E-state index is 13.3. The fraction of sp³-hybridized carbons (Fsp3) is 0.409. The van der Waals surface area contributed by atoms with Gasteiger partial charge >= 0.3 is 0 Å². The van der Waals surface area contributed by atoms with E-state index in [0.29, 0.717) is 6.54 Å². The number of nitrogens with one attached hydrogen (secondary N) is 1. The Hall–Kier alpha value is -2.32. The van der Waals surface area contributed by atoms with Crippen LogP contribution in [0.3, 0.4) is 0 Å². The Morgan fingerprint density at radius 3 is 2.55 bits per heavy atom. The highest BCUT2D eigenvalue weighted by molar-refractivity contribution is 7.92. The smallest absolute Gasteiger partial charge is 0.261 e. The number of nitrogens with zero attached hydrogens (tertiary/aromatic N) is 2. The third-order valence-electron chi connectivity index (χ3n) is 5.89. The molecule has 0 aromatic heterocycles. The molecule has 4 rings (SSSR count). The van der Waals surface area contributed by atoms with Gasteiger partial charge in [-0.2, -0.15) is 0 Å². The molecule has 0 atom stereocenters. The molecule has 1 amide bonds. The zero-order valence-corrected chi connectivity index (χ0v) is 19.1. The van der Waals surface area contributed by atoms with Crippen molar-refractivity contribution in [2.24, 2.45) is 0 Å². The molecule has 1 N–H and O–H groups in total. The summed E-state index contributed by atoms with van der Waals surface area (Å²) in [5.74, 6) is -0.443. The van der Waals surface area contributed by atoms with Gasteiger partial charge in [0.2, 0.25) is 5.91 Å². The van der Waals surface area contributed by atoms with Crippen molar-refractivity contribution < 1.29 is 17.6 Å². The lowest BCUT2D eigenvalue weighted by Crippen LogP contribution is -2.40. The number of benzene rings is 2. The van der Waals surface area contributed by atoms with Crippen LogP contribution in [0.25, 0.3) is 0 Å². The largest absolute Gasteiger partial charge is 0.361 e. The van der Waals surface area contributed by atoms with Crippen molar-refractivity contribution in [1.82, 2.24) is 4.90 Å². The molecule has 9 heteroatoms. The highest BCUT2D eigenvalue weighted by Crippen LogP contribution is 2.41. The summed E-state index contributed by atoms with van der Waals surface area (Å²) in [6.45, 7) is 6.59. The second kappa shape index (κ2) is 7.98. The van der Waals surface area contributed by atoms with Crippen LogP contribution in [0.1, 0.15) is 32.3 Å². The first-order valence-corrected chi connectivity index (χ1v) is 12.1. The van der Waals surface area contributed by atoms with Crippen LogP contribution < -0.4 is 9.62 Å². The first kappa shape index (κ1) is 21.9. The minimum absolute atomic E-state index is 0.0170. The number of hydrogen-bond acceptors (Lipinski definition) is 4. The first-order chi connectivity index (χ1) is 14.6. The SMILES string of the molecule is CC1(C)CN(CC(=O)N2CCCC2)c2ccc(S(=O)(=O)Nc3ccc(F)cc3Cl)cc21. The fourth-order valence-electron chi connectivity index (χ4n) is 4.29. The van der Waals surface area contributed by atoms with Gasteiger partial charge < -0.3 is 9.80 Å². The van der Waals surface area contributed by atoms with Gasteiger partial charge in [-0.25, -0.2) is 12.8 Å². The molecule has 6 nitrogen and oxygen atoms in total. The Morgan fingerprint density at radius 2 is 1.87 bits per heavy atom.